The Kier molecular flexibility index (Phi) is 5.24. The molecule has 0 aliphatic heterocycles. The smallest absolute Gasteiger partial charge is 0.306 e. The van der Waals surface area contributed by atoms with Gasteiger partial charge in [-0.1, -0.05) is 0 Å². The van der Waals surface area contributed by atoms with Gasteiger partial charge in [-0.3, -0.25) is 14.8 Å². The maximum Gasteiger partial charge on any atom is 0.306 e. The third-order valence-corrected chi connectivity index (χ3v) is 4.51. The van der Waals surface area contributed by atoms with Crippen LogP contribution in [0.1, 0.15) is 4.88 Å². The Bertz CT molecular complexity index is 586. The van der Waals surface area contributed by atoms with Gasteiger partial charge < -0.3 is 10.4 Å². The number of aliphatic hydroxyl groups is 1. The van der Waals surface area contributed by atoms with E-state index in [9.17, 15) is 15.2 Å². The summed E-state index contributed by atoms with van der Waals surface area (Å²) in [4.78, 5) is 11.2. The van der Waals surface area contributed by atoms with E-state index in [0.717, 1.165) is 9.35 Å². The van der Waals surface area contributed by atoms with Crippen molar-refractivity contribution in [3.05, 3.63) is 43.3 Å². The molecule has 2 aromatic heterocycles. The summed E-state index contributed by atoms with van der Waals surface area (Å²) in [6.07, 6.45) is 1.82. The summed E-state index contributed by atoms with van der Waals surface area (Å²) < 4.78 is 2.41. The Labute approximate surface area is 127 Å². The van der Waals surface area contributed by atoms with Crippen LogP contribution in [-0.2, 0) is 13.1 Å². The van der Waals surface area contributed by atoms with Crippen LogP contribution < -0.4 is 5.32 Å². The molecule has 108 valence electrons. The van der Waals surface area contributed by atoms with Gasteiger partial charge in [-0.15, -0.1) is 11.3 Å². The Morgan fingerprint density at radius 3 is 3.05 bits per heavy atom. The van der Waals surface area contributed by atoms with Gasteiger partial charge in [0, 0.05) is 22.4 Å². The first-order valence-corrected chi connectivity index (χ1v) is 7.51. The molecular formula is C11H13BrN4O3S. The maximum absolute atomic E-state index is 10.5. The third kappa shape index (κ3) is 4.10. The van der Waals surface area contributed by atoms with E-state index < -0.39 is 11.0 Å². The molecule has 0 aliphatic carbocycles. The van der Waals surface area contributed by atoms with Gasteiger partial charge in [0.2, 0.25) is 0 Å². The molecule has 1 atom stereocenters. The van der Waals surface area contributed by atoms with Crippen LogP contribution in [-0.4, -0.2) is 32.5 Å². The zero-order chi connectivity index (χ0) is 14.5. The third-order valence-electron chi connectivity index (χ3n) is 2.58. The van der Waals surface area contributed by atoms with Crippen LogP contribution in [0.5, 0.6) is 0 Å². The molecule has 0 bridgehead atoms. The van der Waals surface area contributed by atoms with Crippen LogP contribution >= 0.6 is 27.3 Å². The van der Waals surface area contributed by atoms with E-state index in [-0.39, 0.29) is 12.2 Å². The molecule has 0 amide bonds. The van der Waals surface area contributed by atoms with Gasteiger partial charge >= 0.3 is 5.69 Å². The molecule has 2 N–H and O–H groups in total. The Morgan fingerprint density at radius 2 is 2.45 bits per heavy atom. The summed E-state index contributed by atoms with van der Waals surface area (Å²) >= 11 is 5.06. The Morgan fingerprint density at radius 1 is 1.65 bits per heavy atom. The van der Waals surface area contributed by atoms with Crippen molar-refractivity contribution >= 4 is 33.0 Å². The number of halogens is 1. The molecule has 0 saturated carbocycles. The molecule has 1 unspecified atom stereocenters. The predicted octanol–water partition coefficient (Wildman–Crippen LogP) is 1.77. The van der Waals surface area contributed by atoms with E-state index >= 15 is 0 Å². The van der Waals surface area contributed by atoms with Crippen LogP contribution in [0.15, 0.2) is 28.3 Å². The maximum atomic E-state index is 10.5. The second-order valence-electron chi connectivity index (χ2n) is 4.15. The molecular weight excluding hydrogens is 348 g/mol. The van der Waals surface area contributed by atoms with E-state index in [0.29, 0.717) is 13.1 Å². The normalized spacial score (nSPS) is 12.5. The molecule has 20 heavy (non-hydrogen) atoms. The van der Waals surface area contributed by atoms with E-state index in [4.69, 9.17) is 0 Å². The van der Waals surface area contributed by atoms with Crippen molar-refractivity contribution in [3.8, 4) is 0 Å². The number of aromatic nitrogens is 2. The van der Waals surface area contributed by atoms with Crippen molar-refractivity contribution in [3.63, 3.8) is 0 Å². The minimum absolute atomic E-state index is 0.0762. The molecule has 0 saturated heterocycles. The van der Waals surface area contributed by atoms with Gasteiger partial charge in [-0.05, 0) is 27.4 Å². The van der Waals surface area contributed by atoms with E-state index in [1.807, 2.05) is 11.4 Å². The van der Waals surface area contributed by atoms with Gasteiger partial charge in [0.05, 0.1) is 17.6 Å². The molecule has 9 heteroatoms. The summed E-state index contributed by atoms with van der Waals surface area (Å²) in [7, 11) is 0. The minimum Gasteiger partial charge on any atom is -0.390 e. The molecule has 0 radical (unpaired) electrons. The topological polar surface area (TPSA) is 93.2 Å². The predicted molar refractivity (Wildman–Crippen MR) is 78.6 cm³/mol. The molecule has 0 aromatic carbocycles. The molecule has 7 nitrogen and oxygen atoms in total. The number of nitrogens with zero attached hydrogens (tertiary/aromatic N) is 3. The second kappa shape index (κ2) is 6.93. The van der Waals surface area contributed by atoms with E-state index in [1.54, 1.807) is 11.3 Å². The van der Waals surface area contributed by atoms with Crippen molar-refractivity contribution in [2.24, 2.45) is 0 Å². The monoisotopic (exact) mass is 360 g/mol. The summed E-state index contributed by atoms with van der Waals surface area (Å²) in [6.45, 7) is 1.26. The average Bonchev–Trinajstić information content (AvgIpc) is 2.99. The number of nitrogens with one attached hydrogen (secondary N) is 1. The van der Waals surface area contributed by atoms with Gasteiger partial charge in [0.1, 0.15) is 12.4 Å². The highest BCUT2D eigenvalue weighted by molar-refractivity contribution is 9.10. The van der Waals surface area contributed by atoms with Crippen LogP contribution in [0.3, 0.4) is 0 Å². The first kappa shape index (κ1) is 15.1. The number of thiophene rings is 1. The lowest BCUT2D eigenvalue weighted by atomic mass is 10.3. The van der Waals surface area contributed by atoms with Gasteiger partial charge in [0.15, 0.2) is 0 Å². The average molecular weight is 361 g/mol. The standard InChI is InChI=1S/C11H13BrN4O3S/c12-10-1-2-20-11(10)5-13-4-9(17)7-15-6-8(3-14-15)16(18)19/h1-3,6,9,13,17H,4-5,7H2. The highest BCUT2D eigenvalue weighted by atomic mass is 79.9. The Hall–Kier alpha value is -1.29. The fraction of sp³-hybridized carbons (Fsp3) is 0.364. The SMILES string of the molecule is O=[N+]([O-])c1cnn(CC(O)CNCc2sccc2Br)c1. The largest absolute Gasteiger partial charge is 0.390 e. The summed E-state index contributed by atoms with van der Waals surface area (Å²) in [5.41, 5.74) is -0.0762. The van der Waals surface area contributed by atoms with Crippen molar-refractivity contribution in [1.82, 2.24) is 15.1 Å². The van der Waals surface area contributed by atoms with Crippen LogP contribution in [0, 0.1) is 10.1 Å². The van der Waals surface area contributed by atoms with Gasteiger partial charge in [-0.25, -0.2) is 0 Å². The molecule has 0 spiro atoms. The summed E-state index contributed by atoms with van der Waals surface area (Å²) in [5.74, 6) is 0. The minimum atomic E-state index is -0.659. The number of hydrogen-bond acceptors (Lipinski definition) is 6. The highest BCUT2D eigenvalue weighted by Gasteiger charge is 2.12. The number of aliphatic hydroxyl groups excluding tert-OH is 1. The number of hydrogen-bond donors (Lipinski definition) is 2. The van der Waals surface area contributed by atoms with Gasteiger partial charge in [0.25, 0.3) is 0 Å². The molecule has 0 fully saturated rings. The van der Waals surface area contributed by atoms with Crippen molar-refractivity contribution in [1.29, 1.82) is 0 Å². The molecule has 2 rings (SSSR count). The zero-order valence-electron chi connectivity index (χ0n) is 10.4. The summed E-state index contributed by atoms with van der Waals surface area (Å²) in [5, 5.41) is 29.3. The van der Waals surface area contributed by atoms with E-state index in [2.05, 4.69) is 26.3 Å². The molecule has 2 heterocycles. The van der Waals surface area contributed by atoms with Crippen LogP contribution in [0.2, 0.25) is 0 Å². The summed E-state index contributed by atoms with van der Waals surface area (Å²) in [6, 6.07) is 1.97. The first-order chi connectivity index (χ1) is 9.56. The van der Waals surface area contributed by atoms with E-state index in [1.165, 1.54) is 17.1 Å². The van der Waals surface area contributed by atoms with Crippen LogP contribution in [0.4, 0.5) is 5.69 Å². The molecule has 0 aliphatic rings. The lowest BCUT2D eigenvalue weighted by Gasteiger charge is -2.11. The fourth-order valence-corrected chi connectivity index (χ4v) is 3.09. The van der Waals surface area contributed by atoms with Crippen LogP contribution in [0.25, 0.3) is 0 Å². The first-order valence-electron chi connectivity index (χ1n) is 5.83. The van der Waals surface area contributed by atoms with Crippen molar-refractivity contribution in [2.45, 2.75) is 19.2 Å². The van der Waals surface area contributed by atoms with Crippen molar-refractivity contribution in [2.75, 3.05) is 6.54 Å². The fourth-order valence-electron chi connectivity index (χ4n) is 1.63. The Balaban J connectivity index is 1.76. The number of nitro groups is 1. The quantitative estimate of drug-likeness (QED) is 0.579. The lowest BCUT2D eigenvalue weighted by molar-refractivity contribution is -0.385. The lowest BCUT2D eigenvalue weighted by Crippen LogP contribution is -2.30. The molecule has 2 aromatic rings. The number of rotatable bonds is 7. The zero-order valence-corrected chi connectivity index (χ0v) is 12.8. The van der Waals surface area contributed by atoms with Crippen molar-refractivity contribution < 1.29 is 10.0 Å². The highest BCUT2D eigenvalue weighted by Crippen LogP contribution is 2.22. The van der Waals surface area contributed by atoms with Gasteiger partial charge in [-0.2, -0.15) is 5.10 Å². The second-order valence-corrected chi connectivity index (χ2v) is 6.01.